The van der Waals surface area contributed by atoms with Crippen LogP contribution in [0.15, 0.2) is 30.5 Å². The highest BCUT2D eigenvalue weighted by atomic mass is 16.5. The van der Waals surface area contributed by atoms with E-state index in [4.69, 9.17) is 15.2 Å². The van der Waals surface area contributed by atoms with Gasteiger partial charge in [-0.1, -0.05) is 18.2 Å². The summed E-state index contributed by atoms with van der Waals surface area (Å²) in [7, 11) is 1.60. The van der Waals surface area contributed by atoms with Crippen molar-refractivity contribution in [2.24, 2.45) is 5.73 Å². The molecule has 3 rings (SSSR count). The smallest absolute Gasteiger partial charge is 0.269 e. The van der Waals surface area contributed by atoms with Gasteiger partial charge in [-0.3, -0.25) is 4.79 Å². The first-order valence-electron chi connectivity index (χ1n) is 7.49. The van der Waals surface area contributed by atoms with Gasteiger partial charge in [0, 0.05) is 18.7 Å². The molecule has 1 aliphatic heterocycles. The van der Waals surface area contributed by atoms with Crippen molar-refractivity contribution in [2.45, 2.75) is 19.2 Å². The van der Waals surface area contributed by atoms with Crippen molar-refractivity contribution in [3.63, 3.8) is 0 Å². The standard InChI is InChI=1S/C16H20N4O3/c1-22-14-5-3-2-4-11(14)12(17)8-19-16(21)13-9-18-15-10-23-7-6-20(13)15/h2-5,9,12H,6-8,10,17H2,1H3,(H,19,21). The first-order valence-corrected chi connectivity index (χ1v) is 7.49. The third-order valence-corrected chi connectivity index (χ3v) is 3.88. The van der Waals surface area contributed by atoms with Crippen LogP contribution in [0.25, 0.3) is 0 Å². The topological polar surface area (TPSA) is 91.4 Å². The molecule has 1 aromatic heterocycles. The maximum Gasteiger partial charge on any atom is 0.269 e. The molecule has 2 heterocycles. The number of amides is 1. The number of nitrogens with zero attached hydrogens (tertiary/aromatic N) is 2. The molecule has 1 amide bonds. The molecule has 1 unspecified atom stereocenters. The number of hydrogen-bond acceptors (Lipinski definition) is 5. The summed E-state index contributed by atoms with van der Waals surface area (Å²) in [4.78, 5) is 16.6. The maximum atomic E-state index is 12.4. The molecular weight excluding hydrogens is 296 g/mol. The van der Waals surface area contributed by atoms with Crippen molar-refractivity contribution in [1.29, 1.82) is 0 Å². The number of ether oxygens (including phenoxy) is 2. The molecule has 0 bridgehead atoms. The van der Waals surface area contributed by atoms with Crippen molar-refractivity contribution >= 4 is 5.91 Å². The molecule has 0 fully saturated rings. The largest absolute Gasteiger partial charge is 0.496 e. The molecule has 1 atom stereocenters. The van der Waals surface area contributed by atoms with Crippen LogP contribution in [-0.4, -0.2) is 35.7 Å². The fourth-order valence-electron chi connectivity index (χ4n) is 2.66. The first-order chi connectivity index (χ1) is 11.2. The number of hydrogen-bond donors (Lipinski definition) is 2. The lowest BCUT2D eigenvalue weighted by Gasteiger charge is -2.18. The molecular formula is C16H20N4O3. The summed E-state index contributed by atoms with van der Waals surface area (Å²) in [6, 6.07) is 7.18. The highest BCUT2D eigenvalue weighted by Crippen LogP contribution is 2.22. The van der Waals surface area contributed by atoms with E-state index >= 15 is 0 Å². The van der Waals surface area contributed by atoms with E-state index in [1.54, 1.807) is 13.3 Å². The second-order valence-electron chi connectivity index (χ2n) is 5.32. The van der Waals surface area contributed by atoms with E-state index in [0.29, 0.717) is 37.7 Å². The molecule has 2 aromatic rings. The molecule has 1 aliphatic rings. The highest BCUT2D eigenvalue weighted by Gasteiger charge is 2.20. The normalized spacial score (nSPS) is 14.9. The minimum atomic E-state index is -0.345. The number of methoxy groups -OCH3 is 1. The molecule has 122 valence electrons. The number of fused-ring (bicyclic) bond motifs is 1. The van der Waals surface area contributed by atoms with Crippen molar-refractivity contribution < 1.29 is 14.3 Å². The van der Waals surface area contributed by atoms with E-state index in [9.17, 15) is 4.79 Å². The molecule has 0 saturated carbocycles. The fourth-order valence-corrected chi connectivity index (χ4v) is 2.66. The Morgan fingerprint density at radius 1 is 1.52 bits per heavy atom. The second kappa shape index (κ2) is 6.80. The average molecular weight is 316 g/mol. The zero-order valence-electron chi connectivity index (χ0n) is 13.0. The van der Waals surface area contributed by atoms with Crippen LogP contribution < -0.4 is 15.8 Å². The van der Waals surface area contributed by atoms with E-state index in [1.807, 2.05) is 28.8 Å². The molecule has 0 saturated heterocycles. The number of para-hydroxylation sites is 1. The lowest BCUT2D eigenvalue weighted by molar-refractivity contribution is 0.0778. The molecule has 0 spiro atoms. The van der Waals surface area contributed by atoms with Gasteiger partial charge in [0.2, 0.25) is 0 Å². The summed E-state index contributed by atoms with van der Waals surface area (Å²) in [5.74, 6) is 1.31. The number of nitrogens with one attached hydrogen (secondary N) is 1. The molecule has 3 N–H and O–H groups in total. The number of aromatic nitrogens is 2. The molecule has 23 heavy (non-hydrogen) atoms. The number of benzene rings is 1. The summed E-state index contributed by atoms with van der Waals surface area (Å²) in [6.45, 7) is 1.98. The van der Waals surface area contributed by atoms with Crippen LogP contribution in [0, 0.1) is 0 Å². The summed E-state index contributed by atoms with van der Waals surface area (Å²) >= 11 is 0. The van der Waals surface area contributed by atoms with Crippen molar-refractivity contribution in [1.82, 2.24) is 14.9 Å². The molecule has 7 heteroatoms. The zero-order chi connectivity index (χ0) is 16.2. The number of rotatable bonds is 5. The predicted molar refractivity (Wildman–Crippen MR) is 84.1 cm³/mol. The fraction of sp³-hybridized carbons (Fsp3) is 0.375. The Bertz CT molecular complexity index is 698. The molecule has 0 aliphatic carbocycles. The monoisotopic (exact) mass is 316 g/mol. The lowest BCUT2D eigenvalue weighted by atomic mass is 10.1. The third-order valence-electron chi connectivity index (χ3n) is 3.88. The van der Waals surface area contributed by atoms with Gasteiger partial charge in [-0.25, -0.2) is 4.98 Å². The summed E-state index contributed by atoms with van der Waals surface area (Å²) in [6.07, 6.45) is 1.58. The Labute approximate surface area is 134 Å². The van der Waals surface area contributed by atoms with Crippen molar-refractivity contribution in [2.75, 3.05) is 20.3 Å². The van der Waals surface area contributed by atoms with Gasteiger partial charge < -0.3 is 25.1 Å². The van der Waals surface area contributed by atoms with Gasteiger partial charge in [0.15, 0.2) is 0 Å². The maximum absolute atomic E-state index is 12.4. The third kappa shape index (κ3) is 3.20. The Hall–Kier alpha value is -2.38. The average Bonchev–Trinajstić information content (AvgIpc) is 3.03. The van der Waals surface area contributed by atoms with Gasteiger partial charge in [0.25, 0.3) is 5.91 Å². The second-order valence-corrected chi connectivity index (χ2v) is 5.32. The van der Waals surface area contributed by atoms with Crippen LogP contribution in [0.3, 0.4) is 0 Å². The van der Waals surface area contributed by atoms with E-state index in [1.165, 1.54) is 0 Å². The van der Waals surface area contributed by atoms with Gasteiger partial charge in [0.05, 0.1) is 26.0 Å². The van der Waals surface area contributed by atoms with Crippen LogP contribution >= 0.6 is 0 Å². The zero-order valence-corrected chi connectivity index (χ0v) is 13.0. The predicted octanol–water partition coefficient (Wildman–Crippen LogP) is 0.852. The molecule has 1 aromatic carbocycles. The molecule has 0 radical (unpaired) electrons. The number of carbonyl (C=O) groups is 1. The van der Waals surface area contributed by atoms with E-state index in [0.717, 1.165) is 11.4 Å². The van der Waals surface area contributed by atoms with Gasteiger partial charge in [-0.2, -0.15) is 0 Å². The van der Waals surface area contributed by atoms with E-state index < -0.39 is 0 Å². The highest BCUT2D eigenvalue weighted by molar-refractivity contribution is 5.92. The van der Waals surface area contributed by atoms with Gasteiger partial charge in [0.1, 0.15) is 23.9 Å². The molecule has 7 nitrogen and oxygen atoms in total. The first kappa shape index (κ1) is 15.5. The van der Waals surface area contributed by atoms with Crippen LogP contribution in [-0.2, 0) is 17.9 Å². The summed E-state index contributed by atoms with van der Waals surface area (Å²) in [5, 5.41) is 2.86. The number of nitrogens with two attached hydrogens (primary N) is 1. The van der Waals surface area contributed by atoms with Gasteiger partial charge >= 0.3 is 0 Å². The van der Waals surface area contributed by atoms with Crippen LogP contribution in [0.5, 0.6) is 5.75 Å². The number of carbonyl (C=O) groups excluding carboxylic acids is 1. The van der Waals surface area contributed by atoms with E-state index in [2.05, 4.69) is 10.3 Å². The Balaban J connectivity index is 1.66. The Kier molecular flexibility index (Phi) is 4.59. The summed E-state index contributed by atoms with van der Waals surface area (Å²) in [5.41, 5.74) is 7.57. The van der Waals surface area contributed by atoms with Gasteiger partial charge in [-0.05, 0) is 6.07 Å². The Morgan fingerprint density at radius 3 is 3.17 bits per heavy atom. The van der Waals surface area contributed by atoms with Crippen LogP contribution in [0.4, 0.5) is 0 Å². The minimum absolute atomic E-state index is 0.184. The van der Waals surface area contributed by atoms with Crippen molar-refractivity contribution in [3.05, 3.63) is 47.5 Å². The summed E-state index contributed by atoms with van der Waals surface area (Å²) < 4.78 is 12.5. The van der Waals surface area contributed by atoms with E-state index in [-0.39, 0.29) is 11.9 Å². The quantitative estimate of drug-likeness (QED) is 0.853. The van der Waals surface area contributed by atoms with Crippen LogP contribution in [0.1, 0.15) is 27.9 Å². The van der Waals surface area contributed by atoms with Crippen molar-refractivity contribution in [3.8, 4) is 5.75 Å². The SMILES string of the molecule is COc1ccccc1C(N)CNC(=O)c1cnc2n1CCOC2. The van der Waals surface area contributed by atoms with Gasteiger partial charge in [-0.15, -0.1) is 0 Å². The minimum Gasteiger partial charge on any atom is -0.496 e. The number of imidazole rings is 1. The van der Waals surface area contributed by atoms with Crippen LogP contribution in [0.2, 0.25) is 0 Å². The lowest BCUT2D eigenvalue weighted by Crippen LogP contribution is -2.34. The Morgan fingerprint density at radius 2 is 2.35 bits per heavy atom.